The van der Waals surface area contributed by atoms with Crippen molar-refractivity contribution < 1.29 is 0 Å². The molecule has 0 saturated heterocycles. The van der Waals surface area contributed by atoms with Crippen LogP contribution in [0.3, 0.4) is 0 Å². The molecule has 0 spiro atoms. The van der Waals surface area contributed by atoms with E-state index in [9.17, 15) is 0 Å². The van der Waals surface area contributed by atoms with Crippen LogP contribution in [0.15, 0.2) is 0 Å². The molecule has 1 aliphatic carbocycles. The Morgan fingerprint density at radius 1 is 1.42 bits per heavy atom. The Labute approximate surface area is 81.9 Å². The second-order valence-electron chi connectivity index (χ2n) is 4.12. The SMILES string of the molecule is CC(CCS)CCN(C)C1CC1. The van der Waals surface area contributed by atoms with Crippen LogP contribution in [-0.2, 0) is 0 Å². The van der Waals surface area contributed by atoms with Crippen LogP contribution in [0, 0.1) is 5.92 Å². The van der Waals surface area contributed by atoms with Crippen LogP contribution in [-0.4, -0.2) is 30.3 Å². The Kier molecular flexibility index (Phi) is 4.44. The summed E-state index contributed by atoms with van der Waals surface area (Å²) in [5, 5.41) is 0. The van der Waals surface area contributed by atoms with Crippen LogP contribution in [0.25, 0.3) is 0 Å². The van der Waals surface area contributed by atoms with E-state index < -0.39 is 0 Å². The maximum absolute atomic E-state index is 4.24. The second-order valence-corrected chi connectivity index (χ2v) is 4.57. The highest BCUT2D eigenvalue weighted by Crippen LogP contribution is 2.25. The van der Waals surface area contributed by atoms with Gasteiger partial charge in [-0.2, -0.15) is 12.6 Å². The molecular formula is C10H21NS. The molecule has 1 unspecified atom stereocenters. The van der Waals surface area contributed by atoms with Crippen molar-refractivity contribution in [2.45, 2.75) is 38.6 Å². The molecular weight excluding hydrogens is 166 g/mol. The molecule has 1 atom stereocenters. The second kappa shape index (κ2) is 5.13. The fraction of sp³-hybridized carbons (Fsp3) is 1.00. The van der Waals surface area contributed by atoms with Crippen LogP contribution in [0.2, 0.25) is 0 Å². The van der Waals surface area contributed by atoms with Gasteiger partial charge in [-0.05, 0) is 50.9 Å². The molecule has 1 rings (SSSR count). The molecule has 0 N–H and O–H groups in total. The van der Waals surface area contributed by atoms with Crippen molar-refractivity contribution >= 4 is 12.6 Å². The van der Waals surface area contributed by atoms with Gasteiger partial charge in [-0.1, -0.05) is 6.92 Å². The fourth-order valence-corrected chi connectivity index (χ4v) is 1.93. The largest absolute Gasteiger partial charge is 0.303 e. The highest BCUT2D eigenvalue weighted by atomic mass is 32.1. The summed E-state index contributed by atoms with van der Waals surface area (Å²) < 4.78 is 0. The summed E-state index contributed by atoms with van der Waals surface area (Å²) in [6.07, 6.45) is 5.46. The van der Waals surface area contributed by atoms with E-state index in [1.165, 1.54) is 32.2 Å². The van der Waals surface area contributed by atoms with Crippen molar-refractivity contribution in [3.63, 3.8) is 0 Å². The first kappa shape index (κ1) is 10.4. The Hall–Kier alpha value is 0.310. The molecule has 0 aliphatic heterocycles. The van der Waals surface area contributed by atoms with Gasteiger partial charge in [-0.15, -0.1) is 0 Å². The first-order chi connectivity index (χ1) is 5.74. The van der Waals surface area contributed by atoms with Gasteiger partial charge in [0.05, 0.1) is 0 Å². The predicted molar refractivity (Wildman–Crippen MR) is 57.9 cm³/mol. The Morgan fingerprint density at radius 3 is 2.58 bits per heavy atom. The van der Waals surface area contributed by atoms with Crippen LogP contribution in [0.4, 0.5) is 0 Å². The van der Waals surface area contributed by atoms with Crippen molar-refractivity contribution in [1.82, 2.24) is 4.90 Å². The van der Waals surface area contributed by atoms with Gasteiger partial charge in [0.2, 0.25) is 0 Å². The highest BCUT2D eigenvalue weighted by Gasteiger charge is 2.25. The first-order valence-corrected chi connectivity index (χ1v) is 5.68. The summed E-state index contributed by atoms with van der Waals surface area (Å²) in [7, 11) is 2.26. The Morgan fingerprint density at radius 2 is 2.08 bits per heavy atom. The third-order valence-corrected chi connectivity index (χ3v) is 3.02. The number of nitrogens with zero attached hydrogens (tertiary/aromatic N) is 1. The molecule has 0 aromatic rings. The van der Waals surface area contributed by atoms with Gasteiger partial charge in [0.1, 0.15) is 0 Å². The minimum atomic E-state index is 0.851. The third-order valence-electron chi connectivity index (χ3n) is 2.77. The molecule has 1 fully saturated rings. The zero-order chi connectivity index (χ0) is 8.97. The summed E-state index contributed by atoms with van der Waals surface area (Å²) in [6.45, 7) is 3.61. The molecule has 0 aromatic heterocycles. The highest BCUT2D eigenvalue weighted by molar-refractivity contribution is 7.80. The fourth-order valence-electron chi connectivity index (χ4n) is 1.49. The minimum Gasteiger partial charge on any atom is -0.303 e. The maximum Gasteiger partial charge on any atom is 0.00933 e. The zero-order valence-corrected chi connectivity index (χ0v) is 9.19. The van der Waals surface area contributed by atoms with Gasteiger partial charge in [0, 0.05) is 6.04 Å². The lowest BCUT2D eigenvalue weighted by Gasteiger charge is -2.18. The average molecular weight is 187 g/mol. The van der Waals surface area contributed by atoms with Crippen LogP contribution in [0.5, 0.6) is 0 Å². The van der Waals surface area contributed by atoms with Gasteiger partial charge < -0.3 is 4.90 Å². The minimum absolute atomic E-state index is 0.851. The summed E-state index contributed by atoms with van der Waals surface area (Å²) >= 11 is 4.24. The number of rotatable bonds is 6. The molecule has 72 valence electrons. The Balaban J connectivity index is 1.99. The summed E-state index contributed by atoms with van der Waals surface area (Å²) in [5.41, 5.74) is 0. The predicted octanol–water partition coefficient (Wildman–Crippen LogP) is 2.43. The first-order valence-electron chi connectivity index (χ1n) is 5.05. The molecule has 0 amide bonds. The van der Waals surface area contributed by atoms with Gasteiger partial charge >= 0.3 is 0 Å². The normalized spacial score (nSPS) is 20.0. The number of hydrogen-bond acceptors (Lipinski definition) is 2. The van der Waals surface area contributed by atoms with Crippen LogP contribution < -0.4 is 0 Å². The molecule has 2 heteroatoms. The van der Waals surface area contributed by atoms with E-state index in [-0.39, 0.29) is 0 Å². The van der Waals surface area contributed by atoms with Gasteiger partial charge in [-0.25, -0.2) is 0 Å². The number of hydrogen-bond donors (Lipinski definition) is 1. The van der Waals surface area contributed by atoms with E-state index in [1.54, 1.807) is 0 Å². The van der Waals surface area contributed by atoms with E-state index in [4.69, 9.17) is 0 Å². The molecule has 1 saturated carbocycles. The quantitative estimate of drug-likeness (QED) is 0.625. The summed E-state index contributed by atoms with van der Waals surface area (Å²) in [5.74, 6) is 1.89. The topological polar surface area (TPSA) is 3.24 Å². The molecule has 0 aromatic carbocycles. The van der Waals surface area contributed by atoms with Crippen LogP contribution in [0.1, 0.15) is 32.6 Å². The Bertz CT molecular complexity index is 123. The van der Waals surface area contributed by atoms with E-state index in [0.717, 1.165) is 17.7 Å². The smallest absolute Gasteiger partial charge is 0.00933 e. The molecule has 12 heavy (non-hydrogen) atoms. The molecule has 1 nitrogen and oxygen atoms in total. The average Bonchev–Trinajstić information content (AvgIpc) is 2.83. The third kappa shape index (κ3) is 3.81. The number of thiol groups is 1. The zero-order valence-electron chi connectivity index (χ0n) is 8.29. The van der Waals surface area contributed by atoms with Crippen LogP contribution >= 0.6 is 12.6 Å². The molecule has 0 radical (unpaired) electrons. The van der Waals surface area contributed by atoms with Crippen molar-refractivity contribution in [2.24, 2.45) is 5.92 Å². The standard InChI is InChI=1S/C10H21NS/c1-9(6-8-12)5-7-11(2)10-3-4-10/h9-10,12H,3-8H2,1-2H3. The lowest BCUT2D eigenvalue weighted by molar-refractivity contribution is 0.295. The van der Waals surface area contributed by atoms with Crippen molar-refractivity contribution in [1.29, 1.82) is 0 Å². The monoisotopic (exact) mass is 187 g/mol. The molecule has 1 aliphatic rings. The van der Waals surface area contributed by atoms with Crippen molar-refractivity contribution in [2.75, 3.05) is 19.3 Å². The van der Waals surface area contributed by atoms with E-state index in [0.29, 0.717) is 0 Å². The maximum atomic E-state index is 4.24. The van der Waals surface area contributed by atoms with E-state index >= 15 is 0 Å². The lowest BCUT2D eigenvalue weighted by Crippen LogP contribution is -2.23. The molecule has 0 bridgehead atoms. The van der Waals surface area contributed by atoms with Gasteiger partial charge in [-0.3, -0.25) is 0 Å². The molecule has 0 heterocycles. The van der Waals surface area contributed by atoms with Gasteiger partial charge in [0.15, 0.2) is 0 Å². The van der Waals surface area contributed by atoms with Gasteiger partial charge in [0.25, 0.3) is 0 Å². The lowest BCUT2D eigenvalue weighted by atomic mass is 10.1. The summed E-state index contributed by atoms with van der Waals surface area (Å²) in [6, 6.07) is 0.924. The van der Waals surface area contributed by atoms with Crippen molar-refractivity contribution in [3.8, 4) is 0 Å². The van der Waals surface area contributed by atoms with Crippen molar-refractivity contribution in [3.05, 3.63) is 0 Å². The summed E-state index contributed by atoms with van der Waals surface area (Å²) in [4.78, 5) is 2.51. The van der Waals surface area contributed by atoms with E-state index in [1.807, 2.05) is 0 Å². The van der Waals surface area contributed by atoms with E-state index in [2.05, 4.69) is 31.5 Å².